The molecule has 0 bridgehead atoms. The number of nitrogen functional groups attached to an aromatic ring is 1. The number of carbonyl (C=O) groups is 1. The van der Waals surface area contributed by atoms with Crippen LogP contribution in [0.3, 0.4) is 0 Å². The van der Waals surface area contributed by atoms with Crippen molar-refractivity contribution in [3.05, 3.63) is 24.3 Å². The van der Waals surface area contributed by atoms with Crippen molar-refractivity contribution in [1.29, 1.82) is 0 Å². The number of hydrogen-bond donors (Lipinski definition) is 3. The zero-order valence-electron chi connectivity index (χ0n) is 6.28. The van der Waals surface area contributed by atoms with Crippen LogP contribution in [-0.4, -0.2) is 6.41 Å². The monoisotopic (exact) mass is 187 g/mol. The Morgan fingerprint density at radius 2 is 1.67 bits per heavy atom. The lowest BCUT2D eigenvalue weighted by atomic mass is 10.3. The molecule has 4 nitrogen and oxygen atoms in total. The lowest BCUT2D eigenvalue weighted by Gasteiger charge is -2.00. The number of carbonyl (C=O) groups excluding carboxylic acids is 1. The highest BCUT2D eigenvalue weighted by Gasteiger charge is 1.89. The number of rotatable bonds is 3. The lowest BCUT2D eigenvalue weighted by Crippen LogP contribution is -2.06. The average molecular weight is 188 g/mol. The fraction of sp³-hybridized carbons (Fsp3) is 0. The Hall–Kier alpha value is -1.26. The molecule has 0 radical (unpaired) electrons. The van der Waals surface area contributed by atoms with Gasteiger partial charge in [-0.1, -0.05) is 0 Å². The summed E-state index contributed by atoms with van der Waals surface area (Å²) in [6.45, 7) is 0. The van der Waals surface area contributed by atoms with Gasteiger partial charge in [-0.25, -0.2) is 0 Å². The number of nitrogens with two attached hydrogens (primary N) is 1. The van der Waals surface area contributed by atoms with E-state index < -0.39 is 0 Å². The van der Waals surface area contributed by atoms with E-state index in [1.165, 1.54) is 0 Å². The third kappa shape index (κ3) is 2.77. The number of hydrogen-bond acceptors (Lipinski definition) is 3. The molecule has 0 saturated carbocycles. The van der Waals surface area contributed by atoms with Crippen molar-refractivity contribution >= 4 is 30.2 Å². The van der Waals surface area contributed by atoms with Gasteiger partial charge >= 0.3 is 0 Å². The zero-order valence-corrected chi connectivity index (χ0v) is 7.10. The predicted molar refractivity (Wildman–Crippen MR) is 51.2 cm³/mol. The molecule has 1 amide bonds. The van der Waals surface area contributed by atoms with Crippen molar-refractivity contribution in [1.82, 2.24) is 0 Å². The van der Waals surface area contributed by atoms with Gasteiger partial charge in [-0.3, -0.25) is 10.6 Å². The fourth-order valence-corrected chi connectivity index (χ4v) is 0.731. The summed E-state index contributed by atoms with van der Waals surface area (Å²) in [5.41, 5.74) is 4.04. The van der Waals surface area contributed by atoms with Gasteiger partial charge in [-0.2, -0.15) is 0 Å². The van der Waals surface area contributed by atoms with Gasteiger partial charge in [0.1, 0.15) is 0 Å². The van der Waals surface area contributed by atoms with Gasteiger partial charge in [-0.05, 0) is 24.3 Å². The standard InChI is InChI=1S/C7H9N3O.ClH/c8-10-7-3-1-6(2-4-7)9-5-11;/h1-5,10H,8H2,(H,9,11);1H. The largest absolute Gasteiger partial charge is 0.329 e. The van der Waals surface area contributed by atoms with E-state index >= 15 is 0 Å². The van der Waals surface area contributed by atoms with Crippen LogP contribution in [0.25, 0.3) is 0 Å². The zero-order chi connectivity index (χ0) is 8.10. The second kappa shape index (κ2) is 5.40. The van der Waals surface area contributed by atoms with E-state index in [4.69, 9.17) is 5.84 Å². The van der Waals surface area contributed by atoms with Gasteiger partial charge < -0.3 is 10.7 Å². The van der Waals surface area contributed by atoms with E-state index in [0.29, 0.717) is 6.41 Å². The molecule has 1 aromatic rings. The van der Waals surface area contributed by atoms with Crippen molar-refractivity contribution in [3.8, 4) is 0 Å². The van der Waals surface area contributed by atoms with Gasteiger partial charge in [0.25, 0.3) is 0 Å². The molecule has 5 heteroatoms. The van der Waals surface area contributed by atoms with Crippen molar-refractivity contribution in [3.63, 3.8) is 0 Å². The minimum absolute atomic E-state index is 0. The van der Waals surface area contributed by atoms with E-state index in [9.17, 15) is 4.79 Å². The van der Waals surface area contributed by atoms with Gasteiger partial charge in [0.05, 0.1) is 0 Å². The number of hydrazine groups is 1. The van der Waals surface area contributed by atoms with E-state index in [1.54, 1.807) is 24.3 Å². The maximum Gasteiger partial charge on any atom is 0.211 e. The maximum atomic E-state index is 9.98. The summed E-state index contributed by atoms with van der Waals surface area (Å²) < 4.78 is 0. The Bertz CT molecular complexity index is 237. The summed E-state index contributed by atoms with van der Waals surface area (Å²) in [4.78, 5) is 9.98. The van der Waals surface area contributed by atoms with Gasteiger partial charge in [-0.15, -0.1) is 12.4 Å². The molecule has 0 saturated heterocycles. The van der Waals surface area contributed by atoms with E-state index in [0.717, 1.165) is 11.4 Å². The van der Waals surface area contributed by atoms with Crippen LogP contribution >= 0.6 is 12.4 Å². The molecule has 0 heterocycles. The second-order valence-electron chi connectivity index (χ2n) is 1.98. The van der Waals surface area contributed by atoms with Crippen LogP contribution in [0, 0.1) is 0 Å². The third-order valence-electron chi connectivity index (χ3n) is 1.28. The van der Waals surface area contributed by atoms with Crippen molar-refractivity contribution < 1.29 is 4.79 Å². The Morgan fingerprint density at radius 1 is 1.17 bits per heavy atom. The van der Waals surface area contributed by atoms with Gasteiger partial charge in [0, 0.05) is 11.4 Å². The van der Waals surface area contributed by atoms with Crippen molar-refractivity contribution in [2.24, 2.45) is 5.84 Å². The molecule has 4 N–H and O–H groups in total. The Morgan fingerprint density at radius 3 is 2.08 bits per heavy atom. The molecule has 0 fully saturated rings. The van der Waals surface area contributed by atoms with Crippen molar-refractivity contribution in [2.45, 2.75) is 0 Å². The van der Waals surface area contributed by atoms with Crippen molar-refractivity contribution in [2.75, 3.05) is 10.7 Å². The first-order valence-corrected chi connectivity index (χ1v) is 3.13. The molecule has 66 valence electrons. The molecule has 0 atom stereocenters. The molecule has 0 aliphatic rings. The van der Waals surface area contributed by atoms with Gasteiger partial charge in [0.2, 0.25) is 6.41 Å². The summed E-state index contributed by atoms with van der Waals surface area (Å²) in [5.74, 6) is 5.13. The Kier molecular flexibility index (Phi) is 4.83. The van der Waals surface area contributed by atoms with Crippen LogP contribution in [0.1, 0.15) is 0 Å². The SMILES string of the molecule is Cl.NNc1ccc(NC=O)cc1. The highest BCUT2D eigenvalue weighted by molar-refractivity contribution is 5.85. The highest BCUT2D eigenvalue weighted by Crippen LogP contribution is 2.10. The molecule has 0 unspecified atom stereocenters. The Labute approximate surface area is 76.5 Å². The summed E-state index contributed by atoms with van der Waals surface area (Å²) in [6.07, 6.45) is 0.630. The molecule has 0 aliphatic carbocycles. The minimum atomic E-state index is 0. The average Bonchev–Trinajstić information content (AvgIpc) is 2.07. The van der Waals surface area contributed by atoms with Crippen LogP contribution in [0.15, 0.2) is 24.3 Å². The first-order chi connectivity index (χ1) is 5.36. The summed E-state index contributed by atoms with van der Waals surface area (Å²) >= 11 is 0. The number of nitrogens with one attached hydrogen (secondary N) is 2. The van der Waals surface area contributed by atoms with Crippen LogP contribution < -0.4 is 16.6 Å². The molecule has 0 aromatic heterocycles. The maximum absolute atomic E-state index is 9.98. The quantitative estimate of drug-likeness (QED) is 0.375. The van der Waals surface area contributed by atoms with E-state index in [-0.39, 0.29) is 12.4 Å². The van der Waals surface area contributed by atoms with Crippen LogP contribution in [0.4, 0.5) is 11.4 Å². The Balaban J connectivity index is 0.00000121. The molecule has 1 rings (SSSR count). The number of benzene rings is 1. The minimum Gasteiger partial charge on any atom is -0.329 e. The molecule has 0 aliphatic heterocycles. The summed E-state index contributed by atoms with van der Waals surface area (Å²) in [7, 11) is 0. The lowest BCUT2D eigenvalue weighted by molar-refractivity contribution is -0.105. The number of amides is 1. The van der Waals surface area contributed by atoms with Crippen LogP contribution in [0.5, 0.6) is 0 Å². The molecular weight excluding hydrogens is 178 g/mol. The topological polar surface area (TPSA) is 67.2 Å². The third-order valence-corrected chi connectivity index (χ3v) is 1.28. The summed E-state index contributed by atoms with van der Waals surface area (Å²) in [5, 5.41) is 2.51. The van der Waals surface area contributed by atoms with Gasteiger partial charge in [0.15, 0.2) is 0 Å². The van der Waals surface area contributed by atoms with Crippen LogP contribution in [0.2, 0.25) is 0 Å². The molecular formula is C7H10ClN3O. The fourth-order valence-electron chi connectivity index (χ4n) is 0.731. The first-order valence-electron chi connectivity index (χ1n) is 3.13. The normalized spacial score (nSPS) is 8.08. The highest BCUT2D eigenvalue weighted by atomic mass is 35.5. The first kappa shape index (κ1) is 10.7. The van der Waals surface area contributed by atoms with E-state index in [1.807, 2.05) is 0 Å². The van der Waals surface area contributed by atoms with Crippen LogP contribution in [-0.2, 0) is 4.79 Å². The number of halogens is 1. The smallest absolute Gasteiger partial charge is 0.211 e. The molecule has 12 heavy (non-hydrogen) atoms. The molecule has 1 aromatic carbocycles. The van der Waals surface area contributed by atoms with E-state index in [2.05, 4.69) is 10.7 Å². The number of anilines is 2. The summed E-state index contributed by atoms with van der Waals surface area (Å²) in [6, 6.07) is 7.05. The molecule has 0 spiro atoms. The second-order valence-corrected chi connectivity index (χ2v) is 1.98. The predicted octanol–water partition coefficient (Wildman–Crippen LogP) is 0.962.